The van der Waals surface area contributed by atoms with Crippen LogP contribution in [-0.2, 0) is 6.61 Å². The molecule has 2 N–H and O–H groups in total. The molecule has 0 aromatic heterocycles. The second-order valence-corrected chi connectivity index (χ2v) is 5.73. The number of benzene rings is 1. The van der Waals surface area contributed by atoms with Crippen molar-refractivity contribution in [3.8, 4) is 0 Å². The first-order valence-corrected chi connectivity index (χ1v) is 8.12. The molecule has 128 valence electrons. The summed E-state index contributed by atoms with van der Waals surface area (Å²) in [5, 5.41) is 17.1. The maximum absolute atomic E-state index is 10.3. The quantitative estimate of drug-likeness (QED) is 0.756. The monoisotopic (exact) mass is 320 g/mol. The third kappa shape index (κ3) is 7.70. The zero-order valence-electron chi connectivity index (χ0n) is 14.1. The van der Waals surface area contributed by atoms with E-state index in [-0.39, 0.29) is 12.2 Å². The van der Waals surface area contributed by atoms with Crippen molar-refractivity contribution in [1.29, 1.82) is 0 Å². The van der Waals surface area contributed by atoms with E-state index in [1.165, 1.54) is 44.4 Å². The fourth-order valence-electron chi connectivity index (χ4n) is 2.23. The molecule has 23 heavy (non-hydrogen) atoms. The first-order chi connectivity index (χ1) is 11.1. The number of nitrogens with zero attached hydrogens (tertiary/aromatic N) is 2. The molecule has 0 aliphatic carbocycles. The molecule has 1 heterocycles. The van der Waals surface area contributed by atoms with E-state index in [0.717, 1.165) is 12.2 Å². The number of aromatic carboxylic acids is 1. The van der Waals surface area contributed by atoms with Crippen LogP contribution in [0.5, 0.6) is 0 Å². The zero-order chi connectivity index (χ0) is 17.1. The van der Waals surface area contributed by atoms with Gasteiger partial charge in [-0.25, -0.2) is 4.79 Å². The number of carbonyl (C=O) groups is 1. The molecule has 1 aliphatic rings. The predicted octanol–water partition coefficient (Wildman–Crippen LogP) is 3.12. The Labute approximate surface area is 138 Å². The van der Waals surface area contributed by atoms with Crippen LogP contribution in [0.1, 0.15) is 48.5 Å². The molecule has 0 saturated carbocycles. The summed E-state index contributed by atoms with van der Waals surface area (Å²) >= 11 is 0. The van der Waals surface area contributed by atoms with Gasteiger partial charge in [-0.3, -0.25) is 0 Å². The SMILES string of the molecule is CCCCCCN1C=CN(C)C1.O=C(O)c1ccc(CO)cc1. The highest BCUT2D eigenvalue weighted by atomic mass is 16.4. The van der Waals surface area contributed by atoms with E-state index < -0.39 is 5.97 Å². The van der Waals surface area contributed by atoms with Crippen molar-refractivity contribution < 1.29 is 15.0 Å². The molecule has 0 atom stereocenters. The number of carboxylic acids is 1. The fraction of sp³-hybridized carbons (Fsp3) is 0.500. The van der Waals surface area contributed by atoms with Crippen molar-refractivity contribution in [1.82, 2.24) is 9.80 Å². The zero-order valence-corrected chi connectivity index (χ0v) is 14.1. The number of carboxylic acid groups (broad SMARTS) is 1. The van der Waals surface area contributed by atoms with Gasteiger partial charge in [-0.1, -0.05) is 38.3 Å². The Kier molecular flexibility index (Phi) is 8.83. The summed E-state index contributed by atoms with van der Waals surface area (Å²) in [7, 11) is 2.11. The van der Waals surface area contributed by atoms with Gasteiger partial charge in [0.1, 0.15) is 0 Å². The van der Waals surface area contributed by atoms with Crippen LogP contribution in [0.15, 0.2) is 36.7 Å². The van der Waals surface area contributed by atoms with E-state index in [1.54, 1.807) is 12.1 Å². The Morgan fingerprint density at radius 2 is 1.83 bits per heavy atom. The van der Waals surface area contributed by atoms with Crippen LogP contribution >= 0.6 is 0 Å². The van der Waals surface area contributed by atoms with Gasteiger partial charge in [0.2, 0.25) is 0 Å². The summed E-state index contributed by atoms with van der Waals surface area (Å²) in [5.74, 6) is -0.950. The van der Waals surface area contributed by atoms with E-state index in [0.29, 0.717) is 0 Å². The summed E-state index contributed by atoms with van der Waals surface area (Å²) in [4.78, 5) is 14.9. The van der Waals surface area contributed by atoms with E-state index >= 15 is 0 Å². The van der Waals surface area contributed by atoms with Crippen LogP contribution in [0.25, 0.3) is 0 Å². The van der Waals surface area contributed by atoms with Gasteiger partial charge in [0.25, 0.3) is 0 Å². The van der Waals surface area contributed by atoms with Crippen LogP contribution < -0.4 is 0 Å². The fourth-order valence-corrected chi connectivity index (χ4v) is 2.23. The maximum Gasteiger partial charge on any atom is 0.335 e. The molecule has 1 aromatic carbocycles. The highest BCUT2D eigenvalue weighted by molar-refractivity contribution is 5.87. The van der Waals surface area contributed by atoms with Gasteiger partial charge in [0.15, 0.2) is 0 Å². The molecular formula is C18H28N2O3. The van der Waals surface area contributed by atoms with Crippen LogP contribution in [0.2, 0.25) is 0 Å². The molecular weight excluding hydrogens is 292 g/mol. The van der Waals surface area contributed by atoms with Crippen LogP contribution in [-0.4, -0.2) is 46.2 Å². The Morgan fingerprint density at radius 1 is 1.13 bits per heavy atom. The Morgan fingerprint density at radius 3 is 2.30 bits per heavy atom. The summed E-state index contributed by atoms with van der Waals surface area (Å²) in [6.45, 7) is 4.50. The van der Waals surface area contributed by atoms with Gasteiger partial charge in [-0.15, -0.1) is 0 Å². The van der Waals surface area contributed by atoms with Crippen LogP contribution in [0.4, 0.5) is 0 Å². The molecule has 0 radical (unpaired) electrons. The first kappa shape index (κ1) is 19.0. The maximum atomic E-state index is 10.3. The second-order valence-electron chi connectivity index (χ2n) is 5.73. The standard InChI is InChI=1S/C10H20N2.C8H8O3/c1-3-4-5-6-7-12-9-8-11(2)10-12;9-5-6-1-3-7(4-2-6)8(10)11/h8-9H,3-7,10H2,1-2H3;1-4,9H,5H2,(H,10,11). The lowest BCUT2D eigenvalue weighted by Gasteiger charge is -2.17. The van der Waals surface area contributed by atoms with Crippen LogP contribution in [0.3, 0.4) is 0 Å². The summed E-state index contributed by atoms with van der Waals surface area (Å²) in [6.07, 6.45) is 9.76. The lowest BCUT2D eigenvalue weighted by molar-refractivity contribution is 0.0697. The molecule has 5 nitrogen and oxygen atoms in total. The van der Waals surface area contributed by atoms with Gasteiger partial charge >= 0.3 is 5.97 Å². The van der Waals surface area contributed by atoms with Crippen molar-refractivity contribution in [2.75, 3.05) is 20.3 Å². The number of unbranched alkanes of at least 4 members (excludes halogenated alkanes) is 3. The summed E-state index contributed by atoms with van der Waals surface area (Å²) in [5.41, 5.74) is 0.956. The lowest BCUT2D eigenvalue weighted by atomic mass is 10.1. The van der Waals surface area contributed by atoms with Gasteiger partial charge in [0, 0.05) is 26.0 Å². The normalized spacial score (nSPS) is 13.0. The largest absolute Gasteiger partial charge is 0.478 e. The first-order valence-electron chi connectivity index (χ1n) is 8.12. The van der Waals surface area contributed by atoms with Crippen molar-refractivity contribution in [3.05, 3.63) is 47.8 Å². The molecule has 0 fully saturated rings. The van der Waals surface area contributed by atoms with E-state index in [4.69, 9.17) is 10.2 Å². The third-order valence-electron chi connectivity index (χ3n) is 3.62. The molecule has 0 unspecified atom stereocenters. The highest BCUT2D eigenvalue weighted by Crippen LogP contribution is 2.07. The molecule has 1 aliphatic heterocycles. The molecule has 0 spiro atoms. The van der Waals surface area contributed by atoms with Crippen LogP contribution in [0, 0.1) is 0 Å². The van der Waals surface area contributed by atoms with Gasteiger partial charge in [0.05, 0.1) is 18.8 Å². The average molecular weight is 320 g/mol. The molecule has 5 heteroatoms. The Balaban J connectivity index is 0.000000231. The van der Waals surface area contributed by atoms with Gasteiger partial charge in [-0.2, -0.15) is 0 Å². The molecule has 1 aromatic rings. The molecule has 0 saturated heterocycles. The minimum atomic E-state index is -0.950. The Hall–Kier alpha value is -2.01. The van der Waals surface area contributed by atoms with Gasteiger partial charge < -0.3 is 20.0 Å². The number of aliphatic hydroxyl groups excluding tert-OH is 1. The molecule has 0 bridgehead atoms. The number of aliphatic hydroxyl groups is 1. The van der Waals surface area contributed by atoms with E-state index in [9.17, 15) is 4.79 Å². The molecule has 0 amide bonds. The topological polar surface area (TPSA) is 64.0 Å². The van der Waals surface area contributed by atoms with Crippen molar-refractivity contribution >= 4 is 5.97 Å². The number of hydrogen-bond acceptors (Lipinski definition) is 4. The number of rotatable bonds is 7. The summed E-state index contributed by atoms with van der Waals surface area (Å²) in [6, 6.07) is 6.11. The van der Waals surface area contributed by atoms with Crippen molar-refractivity contribution in [2.45, 2.75) is 39.2 Å². The second kappa shape index (κ2) is 10.7. The minimum absolute atomic E-state index is 0.0557. The average Bonchev–Trinajstić information content (AvgIpc) is 2.97. The van der Waals surface area contributed by atoms with Crippen molar-refractivity contribution in [3.63, 3.8) is 0 Å². The Bertz CT molecular complexity index is 486. The smallest absolute Gasteiger partial charge is 0.335 e. The van der Waals surface area contributed by atoms with Crippen molar-refractivity contribution in [2.24, 2.45) is 0 Å². The summed E-state index contributed by atoms with van der Waals surface area (Å²) < 4.78 is 0. The molecule has 2 rings (SSSR count). The third-order valence-corrected chi connectivity index (χ3v) is 3.62. The number of hydrogen-bond donors (Lipinski definition) is 2. The highest BCUT2D eigenvalue weighted by Gasteiger charge is 2.06. The lowest BCUT2D eigenvalue weighted by Crippen LogP contribution is -2.23. The van der Waals surface area contributed by atoms with E-state index in [1.807, 2.05) is 0 Å². The minimum Gasteiger partial charge on any atom is -0.478 e. The predicted molar refractivity (Wildman–Crippen MR) is 91.9 cm³/mol. The van der Waals surface area contributed by atoms with E-state index in [2.05, 4.69) is 36.2 Å². The van der Waals surface area contributed by atoms with Gasteiger partial charge in [-0.05, 0) is 24.1 Å².